The monoisotopic (exact) mass is 353 g/mol. The third-order valence-electron chi connectivity index (χ3n) is 4.74. The fourth-order valence-electron chi connectivity index (χ4n) is 3.20. The van der Waals surface area contributed by atoms with E-state index in [0.717, 1.165) is 30.2 Å². The summed E-state index contributed by atoms with van der Waals surface area (Å²) in [4.78, 5) is 15.1. The summed E-state index contributed by atoms with van der Waals surface area (Å²) in [5, 5.41) is 0. The van der Waals surface area contributed by atoms with Gasteiger partial charge in [0, 0.05) is 30.1 Å². The van der Waals surface area contributed by atoms with Crippen molar-refractivity contribution in [2.75, 3.05) is 0 Å². The highest BCUT2D eigenvalue weighted by Gasteiger charge is 2.31. The first-order valence-electron chi connectivity index (χ1n) is 8.59. The topological polar surface area (TPSA) is 32.9 Å². The van der Waals surface area contributed by atoms with Gasteiger partial charge in [0.05, 0.1) is 0 Å². The van der Waals surface area contributed by atoms with Gasteiger partial charge in [-0.1, -0.05) is 27.7 Å². The standard InChI is InChI=1S/C18H18F3NO.C2H6.H2/c1-9-13(19)8-11(15(21)14(9)20)7-12-6-10-4-5-18(2,3)16(10)22-17(12)23;1-2;/h6,8H,4-5,7H2,1-3H3,(H,22,23);1-2H3;1H. The number of benzene rings is 1. The predicted octanol–water partition coefficient (Wildman–Crippen LogP) is 5.19. The highest BCUT2D eigenvalue weighted by atomic mass is 19.2. The second kappa shape index (κ2) is 7.06. The molecule has 5 heteroatoms. The number of aromatic nitrogens is 1. The van der Waals surface area contributed by atoms with Crippen LogP contribution in [-0.4, -0.2) is 4.98 Å². The number of halogens is 3. The SMILES string of the molecule is CC.Cc1c(F)cc(Cc2cc3c([nH]c2=O)C(C)(C)CC3)c(F)c1F.[HH]. The van der Waals surface area contributed by atoms with Crippen molar-refractivity contribution in [2.45, 2.75) is 59.3 Å². The fraction of sp³-hybridized carbons (Fsp3) is 0.450. The molecule has 1 aromatic carbocycles. The van der Waals surface area contributed by atoms with Gasteiger partial charge in [-0.15, -0.1) is 0 Å². The molecule has 3 rings (SSSR count). The lowest BCUT2D eigenvalue weighted by atomic mass is 9.90. The largest absolute Gasteiger partial charge is 0.325 e. The number of hydrogen-bond acceptors (Lipinski definition) is 1. The summed E-state index contributed by atoms with van der Waals surface area (Å²) in [5.41, 5.74) is 1.30. The number of aromatic amines is 1. The van der Waals surface area contributed by atoms with Crippen LogP contribution in [0.3, 0.4) is 0 Å². The average Bonchev–Trinajstić information content (AvgIpc) is 2.87. The second-order valence-corrected chi connectivity index (χ2v) is 6.86. The summed E-state index contributed by atoms with van der Waals surface area (Å²) in [6.07, 6.45) is 1.61. The van der Waals surface area contributed by atoms with Gasteiger partial charge in [-0.25, -0.2) is 13.2 Å². The lowest BCUT2D eigenvalue weighted by molar-refractivity contribution is 0.478. The fourth-order valence-corrected chi connectivity index (χ4v) is 3.20. The smallest absolute Gasteiger partial charge is 0.251 e. The van der Waals surface area contributed by atoms with E-state index in [9.17, 15) is 18.0 Å². The van der Waals surface area contributed by atoms with Crippen LogP contribution in [0, 0.1) is 24.4 Å². The van der Waals surface area contributed by atoms with E-state index in [0.29, 0.717) is 5.56 Å². The minimum absolute atomic E-state index is 0. The van der Waals surface area contributed by atoms with Gasteiger partial charge in [-0.2, -0.15) is 0 Å². The van der Waals surface area contributed by atoms with Crippen molar-refractivity contribution in [2.24, 2.45) is 0 Å². The van der Waals surface area contributed by atoms with Gasteiger partial charge in [0.15, 0.2) is 11.6 Å². The van der Waals surface area contributed by atoms with Crippen LogP contribution in [0.4, 0.5) is 13.2 Å². The molecule has 0 saturated heterocycles. The van der Waals surface area contributed by atoms with Crippen LogP contribution in [0.5, 0.6) is 0 Å². The highest BCUT2D eigenvalue weighted by Crippen LogP contribution is 2.36. The maximum atomic E-state index is 14.0. The molecule has 0 spiro atoms. The lowest BCUT2D eigenvalue weighted by Crippen LogP contribution is -2.22. The maximum Gasteiger partial charge on any atom is 0.251 e. The van der Waals surface area contributed by atoms with Crippen LogP contribution in [0.15, 0.2) is 16.9 Å². The first-order valence-corrected chi connectivity index (χ1v) is 8.59. The summed E-state index contributed by atoms with van der Waals surface area (Å²) >= 11 is 0. The molecular formula is C20H26F3NO. The number of fused-ring (bicyclic) bond motifs is 1. The highest BCUT2D eigenvalue weighted by molar-refractivity contribution is 5.38. The third-order valence-corrected chi connectivity index (χ3v) is 4.74. The van der Waals surface area contributed by atoms with Crippen molar-refractivity contribution in [3.8, 4) is 0 Å². The molecule has 1 aromatic heterocycles. The second-order valence-electron chi connectivity index (χ2n) is 6.86. The molecule has 1 heterocycles. The molecule has 0 bridgehead atoms. The van der Waals surface area contributed by atoms with Gasteiger partial charge < -0.3 is 4.98 Å². The summed E-state index contributed by atoms with van der Waals surface area (Å²) in [5.74, 6) is -3.10. The molecule has 0 fully saturated rings. The van der Waals surface area contributed by atoms with Crippen LogP contribution in [-0.2, 0) is 18.3 Å². The number of rotatable bonds is 2. The minimum Gasteiger partial charge on any atom is -0.325 e. The van der Waals surface area contributed by atoms with Crippen LogP contribution in [0.1, 0.15) is 63.5 Å². The zero-order valence-corrected chi connectivity index (χ0v) is 15.3. The summed E-state index contributed by atoms with van der Waals surface area (Å²) in [6, 6.07) is 2.70. The van der Waals surface area contributed by atoms with Gasteiger partial charge in [-0.3, -0.25) is 4.79 Å². The van der Waals surface area contributed by atoms with Crippen molar-refractivity contribution >= 4 is 0 Å². The number of aryl methyl sites for hydroxylation is 1. The average molecular weight is 353 g/mol. The molecular weight excluding hydrogens is 327 g/mol. The van der Waals surface area contributed by atoms with Crippen LogP contribution in [0.25, 0.3) is 0 Å². The quantitative estimate of drug-likeness (QED) is 0.741. The third kappa shape index (κ3) is 3.51. The van der Waals surface area contributed by atoms with Crippen LogP contribution >= 0.6 is 0 Å². The van der Waals surface area contributed by atoms with Gasteiger partial charge in [0.2, 0.25) is 0 Å². The molecule has 1 N–H and O–H groups in total. The molecule has 1 aliphatic carbocycles. The van der Waals surface area contributed by atoms with E-state index in [1.165, 1.54) is 6.92 Å². The van der Waals surface area contributed by atoms with Crippen LogP contribution < -0.4 is 5.56 Å². The molecule has 0 amide bonds. The van der Waals surface area contributed by atoms with E-state index in [4.69, 9.17) is 0 Å². The molecule has 0 aliphatic heterocycles. The molecule has 138 valence electrons. The van der Waals surface area contributed by atoms with Crippen molar-refractivity contribution < 1.29 is 14.6 Å². The molecule has 1 aliphatic rings. The zero-order chi connectivity index (χ0) is 18.9. The molecule has 2 aromatic rings. The number of nitrogens with one attached hydrogen (secondary N) is 1. The van der Waals surface area contributed by atoms with Gasteiger partial charge in [0.1, 0.15) is 5.82 Å². The van der Waals surface area contributed by atoms with Crippen molar-refractivity contribution in [3.63, 3.8) is 0 Å². The molecule has 0 unspecified atom stereocenters. The first kappa shape index (κ1) is 19.3. The van der Waals surface area contributed by atoms with Gasteiger partial charge in [-0.05, 0) is 43.0 Å². The number of pyridine rings is 1. The van der Waals surface area contributed by atoms with E-state index in [-0.39, 0.29) is 29.9 Å². The summed E-state index contributed by atoms with van der Waals surface area (Å²) < 4.78 is 41.3. The Balaban J connectivity index is 0.00000109. The molecule has 0 atom stereocenters. The first-order chi connectivity index (χ1) is 11.7. The molecule has 0 radical (unpaired) electrons. The van der Waals surface area contributed by atoms with E-state index in [1.807, 2.05) is 13.8 Å². The van der Waals surface area contributed by atoms with E-state index in [1.54, 1.807) is 6.07 Å². The van der Waals surface area contributed by atoms with Crippen molar-refractivity contribution in [3.05, 3.63) is 67.9 Å². The van der Waals surface area contributed by atoms with E-state index in [2.05, 4.69) is 18.8 Å². The minimum atomic E-state index is -1.20. The predicted molar refractivity (Wildman–Crippen MR) is 95.7 cm³/mol. The Kier molecular flexibility index (Phi) is 5.45. The molecule has 2 nitrogen and oxygen atoms in total. The number of hydrogen-bond donors (Lipinski definition) is 1. The Hall–Kier alpha value is -2.04. The Labute approximate surface area is 147 Å². The summed E-state index contributed by atoms with van der Waals surface area (Å²) in [7, 11) is 0. The normalized spacial score (nSPS) is 14.7. The van der Waals surface area contributed by atoms with Crippen molar-refractivity contribution in [1.29, 1.82) is 0 Å². The maximum absolute atomic E-state index is 14.0. The van der Waals surface area contributed by atoms with E-state index < -0.39 is 17.5 Å². The molecule has 0 saturated carbocycles. The van der Waals surface area contributed by atoms with Gasteiger partial charge in [0.25, 0.3) is 5.56 Å². The Morgan fingerprint density at radius 1 is 1.12 bits per heavy atom. The van der Waals surface area contributed by atoms with E-state index >= 15 is 0 Å². The van der Waals surface area contributed by atoms with Crippen LogP contribution in [0.2, 0.25) is 0 Å². The Morgan fingerprint density at radius 2 is 1.76 bits per heavy atom. The summed E-state index contributed by atoms with van der Waals surface area (Å²) in [6.45, 7) is 9.29. The Morgan fingerprint density at radius 3 is 2.40 bits per heavy atom. The lowest BCUT2D eigenvalue weighted by Gasteiger charge is -2.18. The van der Waals surface area contributed by atoms with Crippen molar-refractivity contribution in [1.82, 2.24) is 4.98 Å². The number of H-pyrrole nitrogens is 1. The van der Waals surface area contributed by atoms with Gasteiger partial charge >= 0.3 is 0 Å². The zero-order valence-electron chi connectivity index (χ0n) is 15.3. The Bertz CT molecular complexity index is 859. The molecule has 25 heavy (non-hydrogen) atoms.